The highest BCUT2D eigenvalue weighted by molar-refractivity contribution is 5.78. The summed E-state index contributed by atoms with van der Waals surface area (Å²) in [5, 5.41) is 5.57. The van der Waals surface area contributed by atoms with Gasteiger partial charge in [-0.05, 0) is 42.8 Å². The molecular formula is C19H22N4O2. The number of hydrogen-bond acceptors (Lipinski definition) is 5. The van der Waals surface area contributed by atoms with E-state index in [4.69, 9.17) is 9.47 Å². The normalized spacial score (nSPS) is 13.1. The summed E-state index contributed by atoms with van der Waals surface area (Å²) in [6.07, 6.45) is 1.95. The summed E-state index contributed by atoms with van der Waals surface area (Å²) in [6, 6.07) is 8.35. The number of benzene rings is 1. The Morgan fingerprint density at radius 2 is 1.92 bits per heavy atom. The molecule has 1 aliphatic rings. The zero-order chi connectivity index (χ0) is 17.4. The van der Waals surface area contributed by atoms with E-state index in [9.17, 15) is 0 Å². The number of aromatic nitrogens is 3. The van der Waals surface area contributed by atoms with Gasteiger partial charge in [0.25, 0.3) is 0 Å². The van der Waals surface area contributed by atoms with Gasteiger partial charge in [0.2, 0.25) is 6.79 Å². The first-order valence-electron chi connectivity index (χ1n) is 8.53. The van der Waals surface area contributed by atoms with Crippen molar-refractivity contribution in [3.63, 3.8) is 0 Å². The zero-order valence-electron chi connectivity index (χ0n) is 14.8. The SMILES string of the molecule is CCN(Cc1ccc2c(c1)OCO2)Cc1cnc2c(c1)c(C)nn2C. The monoisotopic (exact) mass is 338 g/mol. The fourth-order valence-electron chi connectivity index (χ4n) is 3.27. The molecular weight excluding hydrogens is 316 g/mol. The Labute approximate surface area is 147 Å². The van der Waals surface area contributed by atoms with Crippen molar-refractivity contribution in [2.75, 3.05) is 13.3 Å². The van der Waals surface area contributed by atoms with Gasteiger partial charge in [-0.1, -0.05) is 13.0 Å². The lowest BCUT2D eigenvalue weighted by molar-refractivity contribution is 0.174. The van der Waals surface area contributed by atoms with E-state index in [0.29, 0.717) is 6.79 Å². The van der Waals surface area contributed by atoms with Crippen LogP contribution in [-0.4, -0.2) is 33.0 Å². The van der Waals surface area contributed by atoms with Gasteiger partial charge in [0.1, 0.15) is 0 Å². The molecule has 6 heteroatoms. The summed E-state index contributed by atoms with van der Waals surface area (Å²) < 4.78 is 12.7. The molecule has 2 aromatic heterocycles. The van der Waals surface area contributed by atoms with Gasteiger partial charge in [0.15, 0.2) is 17.1 Å². The van der Waals surface area contributed by atoms with Crippen LogP contribution in [0.25, 0.3) is 11.0 Å². The van der Waals surface area contributed by atoms with E-state index in [1.165, 1.54) is 11.1 Å². The first-order chi connectivity index (χ1) is 12.1. The van der Waals surface area contributed by atoms with Crippen LogP contribution < -0.4 is 9.47 Å². The third-order valence-electron chi connectivity index (χ3n) is 4.62. The molecule has 4 rings (SSSR count). The van der Waals surface area contributed by atoms with Crippen LogP contribution in [0.5, 0.6) is 11.5 Å². The van der Waals surface area contributed by atoms with Gasteiger partial charge in [-0.2, -0.15) is 5.10 Å². The third kappa shape index (κ3) is 3.05. The van der Waals surface area contributed by atoms with Gasteiger partial charge < -0.3 is 9.47 Å². The number of pyridine rings is 1. The molecule has 3 aromatic rings. The second kappa shape index (κ2) is 6.37. The lowest BCUT2D eigenvalue weighted by Crippen LogP contribution is -2.22. The van der Waals surface area contributed by atoms with E-state index in [1.807, 2.05) is 30.9 Å². The molecule has 0 saturated carbocycles. The molecule has 0 saturated heterocycles. The molecule has 130 valence electrons. The molecule has 0 bridgehead atoms. The molecule has 0 N–H and O–H groups in total. The standard InChI is InChI=1S/C19H22N4O2/c1-4-23(10-14-5-6-17-18(8-14)25-12-24-17)11-15-7-16-13(2)21-22(3)19(16)20-9-15/h5-9H,4,10-12H2,1-3H3. The molecule has 0 aliphatic carbocycles. The van der Waals surface area contributed by atoms with Gasteiger partial charge in [-0.25, -0.2) is 4.98 Å². The summed E-state index contributed by atoms with van der Waals surface area (Å²) in [5.74, 6) is 1.66. The molecule has 25 heavy (non-hydrogen) atoms. The highest BCUT2D eigenvalue weighted by Crippen LogP contribution is 2.32. The maximum Gasteiger partial charge on any atom is 0.231 e. The number of rotatable bonds is 5. The van der Waals surface area contributed by atoms with Crippen molar-refractivity contribution in [2.45, 2.75) is 26.9 Å². The maximum absolute atomic E-state index is 5.48. The van der Waals surface area contributed by atoms with Crippen molar-refractivity contribution in [3.8, 4) is 11.5 Å². The molecule has 0 amide bonds. The van der Waals surface area contributed by atoms with Gasteiger partial charge in [-0.3, -0.25) is 9.58 Å². The van der Waals surface area contributed by atoms with E-state index in [0.717, 1.165) is 47.9 Å². The van der Waals surface area contributed by atoms with Crippen molar-refractivity contribution in [1.82, 2.24) is 19.7 Å². The first kappa shape index (κ1) is 15.9. The second-order valence-electron chi connectivity index (χ2n) is 6.41. The number of nitrogens with zero attached hydrogens (tertiary/aromatic N) is 4. The summed E-state index contributed by atoms with van der Waals surface area (Å²) in [6.45, 7) is 7.18. The van der Waals surface area contributed by atoms with Crippen LogP contribution in [0.3, 0.4) is 0 Å². The Morgan fingerprint density at radius 1 is 1.12 bits per heavy atom. The molecule has 3 heterocycles. The molecule has 1 aromatic carbocycles. The smallest absolute Gasteiger partial charge is 0.231 e. The van der Waals surface area contributed by atoms with Crippen molar-refractivity contribution in [2.24, 2.45) is 7.05 Å². The average molecular weight is 338 g/mol. The van der Waals surface area contributed by atoms with Crippen molar-refractivity contribution < 1.29 is 9.47 Å². The molecule has 0 atom stereocenters. The minimum Gasteiger partial charge on any atom is -0.454 e. The van der Waals surface area contributed by atoms with Gasteiger partial charge in [0.05, 0.1) is 5.69 Å². The van der Waals surface area contributed by atoms with Crippen LogP contribution in [0.15, 0.2) is 30.5 Å². The van der Waals surface area contributed by atoms with Crippen LogP contribution in [0.2, 0.25) is 0 Å². The Bertz CT molecular complexity index is 919. The summed E-state index contributed by atoms with van der Waals surface area (Å²) >= 11 is 0. The second-order valence-corrected chi connectivity index (χ2v) is 6.41. The Balaban J connectivity index is 1.53. The largest absolute Gasteiger partial charge is 0.454 e. The first-order valence-corrected chi connectivity index (χ1v) is 8.53. The molecule has 6 nitrogen and oxygen atoms in total. The number of hydrogen-bond donors (Lipinski definition) is 0. The summed E-state index contributed by atoms with van der Waals surface area (Å²) in [5.41, 5.74) is 4.37. The zero-order valence-corrected chi connectivity index (χ0v) is 14.8. The van der Waals surface area contributed by atoms with Gasteiger partial charge in [-0.15, -0.1) is 0 Å². The van der Waals surface area contributed by atoms with E-state index in [-0.39, 0.29) is 0 Å². The van der Waals surface area contributed by atoms with Gasteiger partial charge >= 0.3 is 0 Å². The summed E-state index contributed by atoms with van der Waals surface area (Å²) in [4.78, 5) is 6.96. The minimum atomic E-state index is 0.312. The molecule has 0 radical (unpaired) electrons. The predicted molar refractivity (Wildman–Crippen MR) is 95.6 cm³/mol. The fourth-order valence-corrected chi connectivity index (χ4v) is 3.27. The predicted octanol–water partition coefficient (Wildman–Crippen LogP) is 3.03. The lowest BCUT2D eigenvalue weighted by Gasteiger charge is -2.20. The van der Waals surface area contributed by atoms with Gasteiger partial charge in [0, 0.05) is 31.7 Å². The molecule has 0 spiro atoms. The highest BCUT2D eigenvalue weighted by Gasteiger charge is 2.15. The van der Waals surface area contributed by atoms with E-state index < -0.39 is 0 Å². The fraction of sp³-hybridized carbons (Fsp3) is 0.368. The lowest BCUT2D eigenvalue weighted by atomic mass is 10.1. The highest BCUT2D eigenvalue weighted by atomic mass is 16.7. The number of aryl methyl sites for hydroxylation is 2. The quantitative estimate of drug-likeness (QED) is 0.716. The van der Waals surface area contributed by atoms with Crippen LogP contribution in [0.1, 0.15) is 23.7 Å². The number of fused-ring (bicyclic) bond motifs is 2. The molecule has 0 fully saturated rings. The van der Waals surface area contributed by atoms with E-state index >= 15 is 0 Å². The topological polar surface area (TPSA) is 52.4 Å². The van der Waals surface area contributed by atoms with Crippen LogP contribution in [0.4, 0.5) is 0 Å². The Hall–Kier alpha value is -2.60. The van der Waals surface area contributed by atoms with Crippen LogP contribution >= 0.6 is 0 Å². The average Bonchev–Trinajstić information content (AvgIpc) is 3.18. The van der Waals surface area contributed by atoms with Crippen molar-refractivity contribution >= 4 is 11.0 Å². The third-order valence-corrected chi connectivity index (χ3v) is 4.62. The van der Waals surface area contributed by atoms with E-state index in [2.05, 4.69) is 40.1 Å². The number of ether oxygens (including phenoxy) is 2. The van der Waals surface area contributed by atoms with Crippen LogP contribution in [0, 0.1) is 6.92 Å². The van der Waals surface area contributed by atoms with Crippen LogP contribution in [-0.2, 0) is 20.1 Å². The summed E-state index contributed by atoms with van der Waals surface area (Å²) in [7, 11) is 1.93. The molecule has 1 aliphatic heterocycles. The van der Waals surface area contributed by atoms with E-state index in [1.54, 1.807) is 0 Å². The minimum absolute atomic E-state index is 0.312. The van der Waals surface area contributed by atoms with Crippen molar-refractivity contribution in [3.05, 3.63) is 47.3 Å². The maximum atomic E-state index is 5.48. The van der Waals surface area contributed by atoms with Crippen molar-refractivity contribution in [1.29, 1.82) is 0 Å². The Morgan fingerprint density at radius 3 is 2.76 bits per heavy atom. The molecule has 0 unspecified atom stereocenters. The Kier molecular flexibility index (Phi) is 4.05.